The third kappa shape index (κ3) is 11.5. The highest BCUT2D eigenvalue weighted by atomic mass is 16.4. The molecule has 0 aliphatic carbocycles. The summed E-state index contributed by atoms with van der Waals surface area (Å²) in [5.41, 5.74) is 0. The van der Waals surface area contributed by atoms with Gasteiger partial charge in [-0.25, -0.2) is 0 Å². The molecule has 10 nitrogen and oxygen atoms in total. The largest absolute Gasteiger partial charge is 0.480 e. The van der Waals surface area contributed by atoms with Gasteiger partial charge >= 0.3 is 11.9 Å². The molecule has 1 saturated heterocycles. The molecule has 0 aromatic heterocycles. The predicted octanol–water partition coefficient (Wildman–Crippen LogP) is -1.86. The molecule has 0 radical (unpaired) electrons. The molecule has 1 heterocycles. The zero-order valence-corrected chi connectivity index (χ0v) is 17.0. The molecule has 1 aliphatic rings. The minimum Gasteiger partial charge on any atom is -0.480 e. The average Bonchev–Trinajstić information content (AvgIpc) is 2.55. The first kappa shape index (κ1) is 24.7. The lowest BCUT2D eigenvalue weighted by Gasteiger charge is -2.34. The molecule has 10 heteroatoms. The van der Waals surface area contributed by atoms with Crippen LogP contribution in [0, 0.1) is 0 Å². The molecular formula is C18H36N4O6. The molecule has 164 valence electrons. The van der Waals surface area contributed by atoms with Crippen LogP contribution in [0.25, 0.3) is 0 Å². The zero-order valence-electron chi connectivity index (χ0n) is 17.0. The lowest BCUT2D eigenvalue weighted by atomic mass is 10.3. The number of rotatable bonds is 8. The van der Waals surface area contributed by atoms with E-state index in [0.29, 0.717) is 65.4 Å². The van der Waals surface area contributed by atoms with Crippen LogP contribution < -0.4 is 0 Å². The first-order valence-corrected chi connectivity index (χ1v) is 9.84. The molecule has 4 N–H and O–H groups in total. The Morgan fingerprint density at radius 1 is 0.643 bits per heavy atom. The minimum atomic E-state index is -0.885. The van der Waals surface area contributed by atoms with Crippen LogP contribution >= 0.6 is 0 Å². The maximum Gasteiger partial charge on any atom is 0.317 e. The summed E-state index contributed by atoms with van der Waals surface area (Å²) in [6, 6.07) is 0. The van der Waals surface area contributed by atoms with E-state index in [-0.39, 0.29) is 13.1 Å². The van der Waals surface area contributed by atoms with Gasteiger partial charge in [-0.15, -0.1) is 0 Å². The first-order chi connectivity index (χ1) is 13.2. The highest BCUT2D eigenvalue weighted by Gasteiger charge is 2.20. The Morgan fingerprint density at radius 2 is 0.893 bits per heavy atom. The van der Waals surface area contributed by atoms with Gasteiger partial charge in [0, 0.05) is 65.4 Å². The fraction of sp³-hybridized carbons (Fsp3) is 0.889. The van der Waals surface area contributed by atoms with Gasteiger partial charge in [0.1, 0.15) is 0 Å². The lowest BCUT2D eigenvalue weighted by Crippen LogP contribution is -2.49. The number of aliphatic hydroxyl groups is 2. The van der Waals surface area contributed by atoms with Crippen molar-refractivity contribution in [3.8, 4) is 0 Å². The van der Waals surface area contributed by atoms with E-state index in [1.165, 1.54) is 0 Å². The third-order valence-corrected chi connectivity index (χ3v) is 4.69. The molecular weight excluding hydrogens is 368 g/mol. The summed E-state index contributed by atoms with van der Waals surface area (Å²) >= 11 is 0. The summed E-state index contributed by atoms with van der Waals surface area (Å²) in [5, 5.41) is 37.9. The molecule has 1 aliphatic heterocycles. The van der Waals surface area contributed by atoms with E-state index in [0.717, 1.165) is 0 Å². The van der Waals surface area contributed by atoms with Gasteiger partial charge in [-0.3, -0.25) is 29.2 Å². The Kier molecular flexibility index (Phi) is 11.5. The predicted molar refractivity (Wildman–Crippen MR) is 104 cm³/mol. The number of hydrogen-bond acceptors (Lipinski definition) is 8. The number of carboxylic acids is 2. The van der Waals surface area contributed by atoms with E-state index in [2.05, 4.69) is 0 Å². The van der Waals surface area contributed by atoms with E-state index in [1.54, 1.807) is 13.8 Å². The quantitative estimate of drug-likeness (QED) is 0.366. The van der Waals surface area contributed by atoms with Crippen LogP contribution in [-0.4, -0.2) is 143 Å². The fourth-order valence-electron chi connectivity index (χ4n) is 3.39. The SMILES string of the molecule is CC(O)CN1CCN(CC(=O)O)CCN(CC(C)O)CCN(CC(=O)O)CC1. The van der Waals surface area contributed by atoms with E-state index in [1.807, 2.05) is 19.6 Å². The van der Waals surface area contributed by atoms with Gasteiger partial charge in [-0.1, -0.05) is 0 Å². The summed E-state index contributed by atoms with van der Waals surface area (Å²) in [7, 11) is 0. The van der Waals surface area contributed by atoms with Crippen LogP contribution in [0.15, 0.2) is 0 Å². The van der Waals surface area contributed by atoms with Crippen molar-refractivity contribution in [2.45, 2.75) is 26.1 Å². The fourth-order valence-corrected chi connectivity index (χ4v) is 3.39. The van der Waals surface area contributed by atoms with Gasteiger partial charge in [0.2, 0.25) is 0 Å². The number of β-amino-alcohol motifs (C(OH)–C–C–N with tert-alkyl or cyclic N) is 2. The molecule has 0 spiro atoms. The number of nitrogens with zero attached hydrogens (tertiary/aromatic N) is 4. The van der Waals surface area contributed by atoms with Gasteiger partial charge in [0.15, 0.2) is 0 Å². The summed E-state index contributed by atoms with van der Waals surface area (Å²) in [5.74, 6) is -1.77. The summed E-state index contributed by atoms with van der Waals surface area (Å²) < 4.78 is 0. The number of carboxylic acid groups (broad SMARTS) is 2. The van der Waals surface area contributed by atoms with Crippen molar-refractivity contribution in [1.82, 2.24) is 19.6 Å². The molecule has 0 saturated carbocycles. The Bertz CT molecular complexity index is 419. The summed E-state index contributed by atoms with van der Waals surface area (Å²) in [6.07, 6.45) is -1.04. The molecule has 2 unspecified atom stereocenters. The molecule has 0 aromatic rings. The van der Waals surface area contributed by atoms with Gasteiger partial charge in [-0.2, -0.15) is 0 Å². The van der Waals surface area contributed by atoms with Gasteiger partial charge in [0.05, 0.1) is 25.3 Å². The first-order valence-electron chi connectivity index (χ1n) is 9.84. The molecule has 0 amide bonds. The van der Waals surface area contributed by atoms with Crippen molar-refractivity contribution < 1.29 is 30.0 Å². The Balaban J connectivity index is 2.87. The van der Waals surface area contributed by atoms with Gasteiger partial charge in [0.25, 0.3) is 0 Å². The van der Waals surface area contributed by atoms with Crippen LogP contribution in [0.1, 0.15) is 13.8 Å². The Labute approximate surface area is 166 Å². The van der Waals surface area contributed by atoms with Crippen molar-refractivity contribution in [2.24, 2.45) is 0 Å². The maximum atomic E-state index is 11.2. The highest BCUT2D eigenvalue weighted by Crippen LogP contribution is 2.03. The molecule has 28 heavy (non-hydrogen) atoms. The van der Waals surface area contributed by atoms with Crippen molar-refractivity contribution in [3.63, 3.8) is 0 Å². The van der Waals surface area contributed by atoms with Crippen LogP contribution in [-0.2, 0) is 9.59 Å². The third-order valence-electron chi connectivity index (χ3n) is 4.69. The van der Waals surface area contributed by atoms with Crippen LogP contribution in [0.5, 0.6) is 0 Å². The topological polar surface area (TPSA) is 128 Å². The zero-order chi connectivity index (χ0) is 21.1. The molecule has 1 fully saturated rings. The normalized spacial score (nSPS) is 22.1. The number of carbonyl (C=O) groups is 2. The number of aliphatic carboxylic acids is 2. The molecule has 0 bridgehead atoms. The number of hydrogen-bond donors (Lipinski definition) is 4. The van der Waals surface area contributed by atoms with Crippen molar-refractivity contribution in [1.29, 1.82) is 0 Å². The summed E-state index contributed by atoms with van der Waals surface area (Å²) in [4.78, 5) is 30.2. The second kappa shape index (κ2) is 13.0. The monoisotopic (exact) mass is 404 g/mol. The molecule has 0 aromatic carbocycles. The second-order valence-corrected chi connectivity index (χ2v) is 7.64. The van der Waals surface area contributed by atoms with Crippen molar-refractivity contribution >= 4 is 11.9 Å². The van der Waals surface area contributed by atoms with E-state index in [4.69, 9.17) is 0 Å². The summed E-state index contributed by atoms with van der Waals surface area (Å²) in [6.45, 7) is 8.73. The standard InChI is InChI=1S/C18H36N4O6/c1-15(23)11-19-3-7-21(13-17(25)26)9-5-20(12-16(2)24)6-10-22(8-4-19)14-18(27)28/h15-16,23-24H,3-14H2,1-2H3,(H,25,26)(H,27,28). The average molecular weight is 405 g/mol. The highest BCUT2D eigenvalue weighted by molar-refractivity contribution is 5.69. The van der Waals surface area contributed by atoms with Crippen LogP contribution in [0.2, 0.25) is 0 Å². The van der Waals surface area contributed by atoms with Gasteiger partial charge in [-0.05, 0) is 13.8 Å². The lowest BCUT2D eigenvalue weighted by molar-refractivity contribution is -0.139. The van der Waals surface area contributed by atoms with E-state index in [9.17, 15) is 30.0 Å². The smallest absolute Gasteiger partial charge is 0.317 e. The van der Waals surface area contributed by atoms with Gasteiger partial charge < -0.3 is 20.4 Å². The van der Waals surface area contributed by atoms with Crippen LogP contribution in [0.3, 0.4) is 0 Å². The second-order valence-electron chi connectivity index (χ2n) is 7.64. The molecule has 1 rings (SSSR count). The maximum absolute atomic E-state index is 11.2. The molecule has 2 atom stereocenters. The van der Waals surface area contributed by atoms with Crippen molar-refractivity contribution in [3.05, 3.63) is 0 Å². The Hall–Kier alpha value is -1.30. The van der Waals surface area contributed by atoms with E-state index >= 15 is 0 Å². The van der Waals surface area contributed by atoms with Crippen molar-refractivity contribution in [2.75, 3.05) is 78.5 Å². The number of aliphatic hydroxyl groups excluding tert-OH is 2. The minimum absolute atomic E-state index is 0.0593. The Morgan fingerprint density at radius 3 is 1.11 bits per heavy atom. The van der Waals surface area contributed by atoms with Crippen LogP contribution in [0.4, 0.5) is 0 Å². The van der Waals surface area contributed by atoms with E-state index < -0.39 is 24.1 Å².